The van der Waals surface area contributed by atoms with Crippen LogP contribution >= 0.6 is 0 Å². The second-order valence-electron chi connectivity index (χ2n) is 7.15. The summed E-state index contributed by atoms with van der Waals surface area (Å²) in [6.45, 7) is 4.73. The molecule has 2 fully saturated rings. The smallest absolute Gasteiger partial charge is 0.256 e. The van der Waals surface area contributed by atoms with Crippen molar-refractivity contribution in [2.24, 2.45) is 0 Å². The van der Waals surface area contributed by atoms with E-state index in [0.717, 1.165) is 18.7 Å². The van der Waals surface area contributed by atoms with Gasteiger partial charge in [-0.2, -0.15) is 4.98 Å². The summed E-state index contributed by atoms with van der Waals surface area (Å²) in [7, 11) is 0. The Morgan fingerprint density at radius 3 is 2.80 bits per heavy atom. The van der Waals surface area contributed by atoms with E-state index in [0.29, 0.717) is 29.9 Å². The van der Waals surface area contributed by atoms with E-state index in [-0.39, 0.29) is 17.9 Å². The van der Waals surface area contributed by atoms with Crippen molar-refractivity contribution < 1.29 is 9.32 Å². The van der Waals surface area contributed by atoms with Crippen LogP contribution in [0.2, 0.25) is 0 Å². The van der Waals surface area contributed by atoms with Gasteiger partial charge in [0, 0.05) is 24.7 Å². The Morgan fingerprint density at radius 1 is 1.32 bits per heavy atom. The molecule has 1 atom stereocenters. The van der Waals surface area contributed by atoms with Crippen LogP contribution in [0.1, 0.15) is 73.6 Å². The number of likely N-dealkylation sites (tertiary alicyclic amines) is 1. The number of carbonyl (C=O) groups excluding carboxylic acids is 1. The first-order chi connectivity index (χ1) is 12.1. The molecule has 0 unspecified atom stereocenters. The Morgan fingerprint density at radius 2 is 2.16 bits per heavy atom. The lowest BCUT2D eigenvalue weighted by molar-refractivity contribution is 0.0728. The predicted octanol–water partition coefficient (Wildman–Crippen LogP) is 3.14. The molecule has 7 heteroatoms. The third-order valence-corrected chi connectivity index (χ3v) is 4.70. The largest absolute Gasteiger partial charge is 0.367 e. The van der Waals surface area contributed by atoms with Gasteiger partial charge in [-0.15, -0.1) is 0 Å². The van der Waals surface area contributed by atoms with Crippen LogP contribution in [0.25, 0.3) is 0 Å². The molecule has 1 saturated carbocycles. The molecule has 4 rings (SSSR count). The standard InChI is InChI=1S/C18H23N5O2/c1-11(2)17-21-16(22-25-17)14-4-3-9-23(14)18(24)12-5-8-15(19-10-12)20-13-6-7-13/h5,8,10-11,13-14H,3-4,6-7,9H2,1-2H3,(H,19,20)/t14-/m0/s1. The van der Waals surface area contributed by atoms with E-state index in [1.165, 1.54) is 12.8 Å². The second-order valence-corrected chi connectivity index (χ2v) is 7.15. The summed E-state index contributed by atoms with van der Waals surface area (Å²) < 4.78 is 5.31. The summed E-state index contributed by atoms with van der Waals surface area (Å²) >= 11 is 0. The monoisotopic (exact) mass is 341 g/mol. The van der Waals surface area contributed by atoms with Crippen molar-refractivity contribution in [2.45, 2.75) is 57.5 Å². The number of nitrogens with zero attached hydrogens (tertiary/aromatic N) is 4. The van der Waals surface area contributed by atoms with Gasteiger partial charge >= 0.3 is 0 Å². The minimum atomic E-state index is -0.118. The zero-order chi connectivity index (χ0) is 17.4. The van der Waals surface area contributed by atoms with Gasteiger partial charge < -0.3 is 14.7 Å². The van der Waals surface area contributed by atoms with Crippen molar-refractivity contribution in [2.75, 3.05) is 11.9 Å². The molecule has 0 spiro atoms. The third-order valence-electron chi connectivity index (χ3n) is 4.70. The Bertz CT molecular complexity index is 751. The lowest BCUT2D eigenvalue weighted by Crippen LogP contribution is -2.31. The van der Waals surface area contributed by atoms with Crippen LogP contribution in [0, 0.1) is 0 Å². The fraction of sp³-hybridized carbons (Fsp3) is 0.556. The number of aromatic nitrogens is 3. The van der Waals surface area contributed by atoms with E-state index >= 15 is 0 Å². The summed E-state index contributed by atoms with van der Waals surface area (Å²) in [6.07, 6.45) is 5.84. The second kappa shape index (κ2) is 6.46. The SMILES string of the molecule is CC(C)c1nc([C@@H]2CCCN2C(=O)c2ccc(NC3CC3)nc2)no1. The van der Waals surface area contributed by atoms with Crippen LogP contribution in [0.3, 0.4) is 0 Å². The summed E-state index contributed by atoms with van der Waals surface area (Å²) in [4.78, 5) is 23.6. The maximum Gasteiger partial charge on any atom is 0.256 e. The Labute approximate surface area is 146 Å². The van der Waals surface area contributed by atoms with Gasteiger partial charge in [-0.05, 0) is 37.8 Å². The zero-order valence-corrected chi connectivity index (χ0v) is 14.6. The molecule has 2 aromatic rings. The first kappa shape index (κ1) is 16.1. The van der Waals surface area contributed by atoms with Crippen LogP contribution < -0.4 is 5.32 Å². The number of hydrogen-bond acceptors (Lipinski definition) is 6. The third kappa shape index (κ3) is 3.36. The number of rotatable bonds is 5. The summed E-state index contributed by atoms with van der Waals surface area (Å²) in [5, 5.41) is 7.42. The number of hydrogen-bond donors (Lipinski definition) is 1. The molecule has 2 aromatic heterocycles. The van der Waals surface area contributed by atoms with Crippen molar-refractivity contribution in [1.82, 2.24) is 20.0 Å². The summed E-state index contributed by atoms with van der Waals surface area (Å²) in [5.41, 5.74) is 0.598. The van der Waals surface area contributed by atoms with Crippen molar-refractivity contribution in [1.29, 1.82) is 0 Å². The quantitative estimate of drug-likeness (QED) is 0.899. The van der Waals surface area contributed by atoms with E-state index in [2.05, 4.69) is 20.4 Å². The topological polar surface area (TPSA) is 84.2 Å². The molecule has 132 valence electrons. The predicted molar refractivity (Wildman–Crippen MR) is 92.3 cm³/mol. The molecule has 7 nitrogen and oxygen atoms in total. The molecule has 1 saturated heterocycles. The minimum absolute atomic E-state index is 0.0242. The number of anilines is 1. The minimum Gasteiger partial charge on any atom is -0.367 e. The highest BCUT2D eigenvalue weighted by molar-refractivity contribution is 5.94. The zero-order valence-electron chi connectivity index (χ0n) is 14.6. The van der Waals surface area contributed by atoms with E-state index in [9.17, 15) is 4.79 Å². The van der Waals surface area contributed by atoms with Crippen LogP contribution in [0.4, 0.5) is 5.82 Å². The molecule has 25 heavy (non-hydrogen) atoms. The molecule has 1 amide bonds. The molecule has 1 aliphatic heterocycles. The van der Waals surface area contributed by atoms with Crippen LogP contribution in [0.5, 0.6) is 0 Å². The lowest BCUT2D eigenvalue weighted by atomic mass is 10.2. The van der Waals surface area contributed by atoms with Gasteiger partial charge in [0.25, 0.3) is 5.91 Å². The number of carbonyl (C=O) groups is 1. The van der Waals surface area contributed by atoms with E-state index in [4.69, 9.17) is 4.52 Å². The van der Waals surface area contributed by atoms with E-state index in [1.807, 2.05) is 30.9 Å². The molecule has 0 radical (unpaired) electrons. The maximum atomic E-state index is 12.9. The Balaban J connectivity index is 1.49. The Kier molecular flexibility index (Phi) is 4.15. The molecular formula is C18H23N5O2. The lowest BCUT2D eigenvalue weighted by Gasteiger charge is -2.22. The van der Waals surface area contributed by atoms with Crippen LogP contribution in [-0.4, -0.2) is 38.5 Å². The molecule has 0 bridgehead atoms. The van der Waals surface area contributed by atoms with Gasteiger partial charge in [0.05, 0.1) is 11.6 Å². The Hall–Kier alpha value is -2.44. The van der Waals surface area contributed by atoms with Gasteiger partial charge in [0.2, 0.25) is 5.89 Å². The number of nitrogens with one attached hydrogen (secondary N) is 1. The molecule has 1 aliphatic carbocycles. The van der Waals surface area contributed by atoms with Gasteiger partial charge in [0.1, 0.15) is 5.82 Å². The highest BCUT2D eigenvalue weighted by Crippen LogP contribution is 2.32. The van der Waals surface area contributed by atoms with Crippen molar-refractivity contribution in [3.05, 3.63) is 35.6 Å². The molecule has 0 aromatic carbocycles. The fourth-order valence-corrected chi connectivity index (χ4v) is 3.10. The summed E-state index contributed by atoms with van der Waals surface area (Å²) in [5.74, 6) is 2.21. The van der Waals surface area contributed by atoms with Crippen LogP contribution in [-0.2, 0) is 0 Å². The number of pyridine rings is 1. The fourth-order valence-electron chi connectivity index (χ4n) is 3.10. The van der Waals surface area contributed by atoms with Crippen molar-refractivity contribution >= 4 is 11.7 Å². The van der Waals surface area contributed by atoms with Crippen molar-refractivity contribution in [3.8, 4) is 0 Å². The maximum absolute atomic E-state index is 12.9. The average Bonchev–Trinajstić information content (AvgIpc) is 3.12. The molecular weight excluding hydrogens is 318 g/mol. The van der Waals surface area contributed by atoms with E-state index < -0.39 is 0 Å². The van der Waals surface area contributed by atoms with Gasteiger partial charge in [-0.3, -0.25) is 4.79 Å². The van der Waals surface area contributed by atoms with Gasteiger partial charge in [-0.1, -0.05) is 19.0 Å². The van der Waals surface area contributed by atoms with Crippen molar-refractivity contribution in [3.63, 3.8) is 0 Å². The van der Waals surface area contributed by atoms with Gasteiger partial charge in [0.15, 0.2) is 5.82 Å². The molecule has 1 N–H and O–H groups in total. The molecule has 3 heterocycles. The average molecular weight is 341 g/mol. The molecule has 2 aliphatic rings. The number of amides is 1. The van der Waals surface area contributed by atoms with Gasteiger partial charge in [-0.25, -0.2) is 4.98 Å². The first-order valence-corrected chi connectivity index (χ1v) is 8.99. The highest BCUT2D eigenvalue weighted by atomic mass is 16.5. The summed E-state index contributed by atoms with van der Waals surface area (Å²) in [6, 6.07) is 4.14. The van der Waals surface area contributed by atoms with E-state index in [1.54, 1.807) is 6.20 Å². The normalized spacial score (nSPS) is 20.3. The first-order valence-electron chi connectivity index (χ1n) is 8.99. The van der Waals surface area contributed by atoms with Crippen LogP contribution in [0.15, 0.2) is 22.9 Å². The highest BCUT2D eigenvalue weighted by Gasteiger charge is 2.34.